The minimum absolute atomic E-state index is 0.142. The molecular weight excluding hydrogens is 302 g/mol. The zero-order chi connectivity index (χ0) is 17.3. The lowest BCUT2D eigenvalue weighted by Gasteiger charge is -2.05. The smallest absolute Gasteiger partial charge is 0.280 e. The number of benzene rings is 2. The van der Waals surface area contributed by atoms with Crippen LogP contribution in [0.2, 0.25) is 0 Å². The summed E-state index contributed by atoms with van der Waals surface area (Å²) in [5.74, 6) is 0.142. The van der Waals surface area contributed by atoms with Crippen LogP contribution in [0.1, 0.15) is 22.4 Å². The molecule has 3 rings (SSSR count). The lowest BCUT2D eigenvalue weighted by molar-refractivity contribution is 0.475. The summed E-state index contributed by atoms with van der Waals surface area (Å²) < 4.78 is 1.52. The fourth-order valence-electron chi connectivity index (χ4n) is 2.47. The van der Waals surface area contributed by atoms with Crippen LogP contribution in [0.3, 0.4) is 0 Å². The van der Waals surface area contributed by atoms with Gasteiger partial charge in [0.1, 0.15) is 5.75 Å². The number of aromatic nitrogens is 2. The first-order chi connectivity index (χ1) is 11.5. The van der Waals surface area contributed by atoms with Gasteiger partial charge in [-0.2, -0.15) is 0 Å². The number of aryl methyl sites for hydroxylation is 3. The average Bonchev–Trinajstić information content (AvgIpc) is 2.83. The van der Waals surface area contributed by atoms with Gasteiger partial charge in [0.2, 0.25) is 0 Å². The van der Waals surface area contributed by atoms with Crippen LogP contribution in [0.4, 0.5) is 5.69 Å². The number of phenols is 1. The van der Waals surface area contributed by atoms with Crippen LogP contribution >= 0.6 is 0 Å². The van der Waals surface area contributed by atoms with Gasteiger partial charge in [-0.05, 0) is 56.2 Å². The van der Waals surface area contributed by atoms with E-state index in [9.17, 15) is 9.90 Å². The van der Waals surface area contributed by atoms with Gasteiger partial charge in [-0.25, -0.2) is 4.68 Å². The van der Waals surface area contributed by atoms with E-state index in [-0.39, 0.29) is 11.3 Å². The van der Waals surface area contributed by atoms with Crippen LogP contribution in [0.5, 0.6) is 5.75 Å². The lowest BCUT2D eigenvalue weighted by Crippen LogP contribution is -2.17. The van der Waals surface area contributed by atoms with Crippen LogP contribution in [-0.4, -0.2) is 21.1 Å². The summed E-state index contributed by atoms with van der Waals surface area (Å²) in [6, 6.07) is 12.5. The van der Waals surface area contributed by atoms with Gasteiger partial charge < -0.3 is 5.11 Å². The van der Waals surface area contributed by atoms with Crippen molar-refractivity contribution < 1.29 is 5.11 Å². The van der Waals surface area contributed by atoms with E-state index in [0.29, 0.717) is 11.3 Å². The highest BCUT2D eigenvalue weighted by Crippen LogP contribution is 2.18. The van der Waals surface area contributed by atoms with Gasteiger partial charge in [-0.1, -0.05) is 12.1 Å². The number of nitrogens with zero attached hydrogens (tertiary/aromatic N) is 2. The summed E-state index contributed by atoms with van der Waals surface area (Å²) in [5.41, 5.74) is 4.77. The Morgan fingerprint density at radius 2 is 1.88 bits per heavy atom. The zero-order valence-corrected chi connectivity index (χ0v) is 13.9. The molecule has 122 valence electrons. The van der Waals surface area contributed by atoms with Crippen molar-refractivity contribution >= 4 is 11.9 Å². The summed E-state index contributed by atoms with van der Waals surface area (Å²) >= 11 is 0. The Labute approximate surface area is 139 Å². The van der Waals surface area contributed by atoms with E-state index in [2.05, 4.69) is 10.1 Å². The molecule has 0 aliphatic rings. The van der Waals surface area contributed by atoms with Crippen molar-refractivity contribution in [1.29, 1.82) is 0 Å². The van der Waals surface area contributed by atoms with Crippen LogP contribution < -0.4 is 5.56 Å². The molecule has 0 saturated carbocycles. The lowest BCUT2D eigenvalue weighted by atomic mass is 10.1. The van der Waals surface area contributed by atoms with E-state index in [1.54, 1.807) is 24.3 Å². The number of phenolic OH excluding ortho intramolecular Hbond substituents is 1. The standard InChI is InChI=1S/C19H19N3O2/c1-12-7-8-16(9-13(12)2)22-19(24)18(14(3)21-22)11-20-15-5-4-6-17(23)10-15/h4-11,21,23H,1-3H3. The molecule has 0 amide bonds. The maximum absolute atomic E-state index is 12.7. The number of aromatic amines is 1. The van der Waals surface area contributed by atoms with Gasteiger partial charge in [-0.3, -0.25) is 14.9 Å². The van der Waals surface area contributed by atoms with E-state index < -0.39 is 0 Å². The van der Waals surface area contributed by atoms with Crippen molar-refractivity contribution in [3.8, 4) is 11.4 Å². The van der Waals surface area contributed by atoms with E-state index in [1.807, 2.05) is 39.0 Å². The molecule has 24 heavy (non-hydrogen) atoms. The molecule has 0 atom stereocenters. The Balaban J connectivity index is 2.00. The molecule has 0 aliphatic carbocycles. The number of hydrogen-bond donors (Lipinski definition) is 2. The van der Waals surface area contributed by atoms with Crippen molar-refractivity contribution in [2.45, 2.75) is 20.8 Å². The van der Waals surface area contributed by atoms with Crippen molar-refractivity contribution in [2.75, 3.05) is 0 Å². The molecule has 0 bridgehead atoms. The van der Waals surface area contributed by atoms with Gasteiger partial charge in [0, 0.05) is 18.0 Å². The molecule has 2 aromatic carbocycles. The van der Waals surface area contributed by atoms with Crippen molar-refractivity contribution in [2.24, 2.45) is 4.99 Å². The highest BCUT2D eigenvalue weighted by Gasteiger charge is 2.11. The number of H-pyrrole nitrogens is 1. The second-order valence-corrected chi connectivity index (χ2v) is 5.84. The topological polar surface area (TPSA) is 70.4 Å². The quantitative estimate of drug-likeness (QED) is 0.724. The molecule has 3 aromatic rings. The third-order valence-electron chi connectivity index (χ3n) is 4.04. The zero-order valence-electron chi connectivity index (χ0n) is 13.9. The molecule has 0 fully saturated rings. The molecule has 1 heterocycles. The predicted octanol–water partition coefficient (Wildman–Crippen LogP) is 3.55. The molecule has 0 radical (unpaired) electrons. The largest absolute Gasteiger partial charge is 0.508 e. The van der Waals surface area contributed by atoms with Gasteiger partial charge in [-0.15, -0.1) is 0 Å². The van der Waals surface area contributed by atoms with E-state index in [1.165, 1.54) is 16.5 Å². The highest BCUT2D eigenvalue weighted by molar-refractivity contribution is 5.83. The van der Waals surface area contributed by atoms with Crippen molar-refractivity contribution in [3.63, 3.8) is 0 Å². The maximum Gasteiger partial charge on any atom is 0.280 e. The number of hydrogen-bond acceptors (Lipinski definition) is 3. The van der Waals surface area contributed by atoms with E-state index in [4.69, 9.17) is 0 Å². The Morgan fingerprint density at radius 3 is 2.58 bits per heavy atom. The Morgan fingerprint density at radius 1 is 1.08 bits per heavy atom. The molecular formula is C19H19N3O2. The van der Waals surface area contributed by atoms with Gasteiger partial charge in [0.25, 0.3) is 5.56 Å². The Hall–Kier alpha value is -3.08. The second-order valence-electron chi connectivity index (χ2n) is 5.84. The van der Waals surface area contributed by atoms with Gasteiger partial charge in [0.15, 0.2) is 0 Å². The summed E-state index contributed by atoms with van der Waals surface area (Å²) in [6.45, 7) is 5.89. The molecule has 5 heteroatoms. The Kier molecular flexibility index (Phi) is 4.08. The summed E-state index contributed by atoms with van der Waals surface area (Å²) in [4.78, 5) is 16.9. The van der Waals surface area contributed by atoms with Gasteiger partial charge in [0.05, 0.1) is 16.9 Å². The van der Waals surface area contributed by atoms with E-state index >= 15 is 0 Å². The second kappa shape index (κ2) is 6.20. The number of aliphatic imine (C=N–C) groups is 1. The molecule has 2 N–H and O–H groups in total. The first-order valence-corrected chi connectivity index (χ1v) is 7.68. The molecule has 0 spiro atoms. The van der Waals surface area contributed by atoms with E-state index in [0.717, 1.165) is 16.9 Å². The highest BCUT2D eigenvalue weighted by atomic mass is 16.3. The van der Waals surface area contributed by atoms with Gasteiger partial charge >= 0.3 is 0 Å². The number of aromatic hydroxyl groups is 1. The molecule has 1 aromatic heterocycles. The molecule has 5 nitrogen and oxygen atoms in total. The van der Waals surface area contributed by atoms with Crippen molar-refractivity contribution in [3.05, 3.63) is 75.2 Å². The van der Waals surface area contributed by atoms with Crippen LogP contribution in [0.25, 0.3) is 5.69 Å². The fourth-order valence-corrected chi connectivity index (χ4v) is 2.47. The number of rotatable bonds is 3. The summed E-state index contributed by atoms with van der Waals surface area (Å²) in [6.07, 6.45) is 1.53. The van der Waals surface area contributed by atoms with Crippen LogP contribution in [0.15, 0.2) is 52.3 Å². The first kappa shape index (κ1) is 15.8. The normalized spacial score (nSPS) is 11.3. The fraction of sp³-hybridized carbons (Fsp3) is 0.158. The third kappa shape index (κ3) is 3.01. The van der Waals surface area contributed by atoms with Crippen molar-refractivity contribution in [1.82, 2.24) is 9.78 Å². The maximum atomic E-state index is 12.7. The monoisotopic (exact) mass is 321 g/mol. The first-order valence-electron chi connectivity index (χ1n) is 7.68. The minimum atomic E-state index is -0.153. The van der Waals surface area contributed by atoms with Crippen LogP contribution in [0, 0.1) is 20.8 Å². The summed E-state index contributed by atoms with van der Waals surface area (Å²) in [7, 11) is 0. The summed E-state index contributed by atoms with van der Waals surface area (Å²) in [5, 5.41) is 12.6. The molecule has 0 unspecified atom stereocenters. The Bertz CT molecular complexity index is 981. The molecule has 0 aliphatic heterocycles. The average molecular weight is 321 g/mol. The molecule has 0 saturated heterocycles. The number of nitrogens with one attached hydrogen (secondary N) is 1. The minimum Gasteiger partial charge on any atom is -0.508 e. The van der Waals surface area contributed by atoms with Crippen LogP contribution in [-0.2, 0) is 0 Å². The predicted molar refractivity (Wildman–Crippen MR) is 96.0 cm³/mol. The SMILES string of the molecule is Cc1ccc(-n2[nH]c(C)c(C=Nc3cccc(O)c3)c2=O)cc1C. The third-order valence-corrected chi connectivity index (χ3v) is 4.04.